The third-order valence-corrected chi connectivity index (χ3v) is 3.84. The Hall–Kier alpha value is -1.02. The molecule has 0 bridgehead atoms. The van der Waals surface area contributed by atoms with E-state index in [1.807, 2.05) is 0 Å². The van der Waals surface area contributed by atoms with Gasteiger partial charge in [-0.3, -0.25) is 4.79 Å². The summed E-state index contributed by atoms with van der Waals surface area (Å²) in [6.07, 6.45) is 4.30. The summed E-state index contributed by atoms with van der Waals surface area (Å²) >= 11 is 6.12. The number of carbonyl (C=O) groups is 1. The summed E-state index contributed by atoms with van der Waals surface area (Å²) in [6.45, 7) is 4.50. The van der Waals surface area contributed by atoms with Gasteiger partial charge in [-0.1, -0.05) is 31.5 Å². The molecule has 0 heterocycles. The van der Waals surface area contributed by atoms with Crippen molar-refractivity contribution in [2.24, 2.45) is 11.8 Å². The summed E-state index contributed by atoms with van der Waals surface area (Å²) in [6, 6.07) is 5.27. The first-order valence-electron chi connectivity index (χ1n) is 6.50. The van der Waals surface area contributed by atoms with Gasteiger partial charge in [0, 0.05) is 0 Å². The first-order chi connectivity index (χ1) is 8.60. The number of hydrogen-bond donors (Lipinski definition) is 0. The van der Waals surface area contributed by atoms with E-state index in [0.29, 0.717) is 28.2 Å². The smallest absolute Gasteiger partial charge is 0.153 e. The Kier molecular flexibility index (Phi) is 4.28. The van der Waals surface area contributed by atoms with Gasteiger partial charge in [0.1, 0.15) is 5.75 Å². The van der Waals surface area contributed by atoms with Crippen LogP contribution in [0.1, 0.15) is 43.5 Å². The van der Waals surface area contributed by atoms with E-state index >= 15 is 0 Å². The summed E-state index contributed by atoms with van der Waals surface area (Å²) in [5, 5.41) is 0.519. The zero-order chi connectivity index (χ0) is 13.1. The normalized spacial score (nSPS) is 27.8. The average molecular weight is 267 g/mol. The van der Waals surface area contributed by atoms with E-state index in [1.165, 1.54) is 6.42 Å². The third kappa shape index (κ3) is 3.05. The summed E-state index contributed by atoms with van der Waals surface area (Å²) in [5.74, 6) is 1.88. The largest absolute Gasteiger partial charge is 0.488 e. The standard InChI is InChI=1S/C15H19ClO2/c1-10-6-11(2)8-13(7-10)18-15-12(9-17)4-3-5-14(15)16/h3-5,9-11,13H,6-8H2,1-2H3. The molecule has 0 spiro atoms. The first-order valence-corrected chi connectivity index (χ1v) is 6.88. The molecule has 2 atom stereocenters. The van der Waals surface area contributed by atoms with E-state index in [0.717, 1.165) is 19.1 Å². The fourth-order valence-electron chi connectivity index (χ4n) is 2.88. The molecule has 98 valence electrons. The van der Waals surface area contributed by atoms with E-state index in [4.69, 9.17) is 16.3 Å². The van der Waals surface area contributed by atoms with Gasteiger partial charge in [0.2, 0.25) is 0 Å². The number of aldehydes is 1. The second-order valence-corrected chi connectivity index (χ2v) is 5.84. The number of carbonyl (C=O) groups excluding carboxylic acids is 1. The predicted octanol–water partition coefficient (Wildman–Crippen LogP) is 4.36. The Bertz CT molecular complexity index is 421. The molecule has 1 aromatic rings. The van der Waals surface area contributed by atoms with Gasteiger partial charge in [0.15, 0.2) is 6.29 Å². The van der Waals surface area contributed by atoms with Crippen molar-refractivity contribution in [1.29, 1.82) is 0 Å². The fourth-order valence-corrected chi connectivity index (χ4v) is 3.11. The minimum atomic E-state index is 0.169. The van der Waals surface area contributed by atoms with Crippen molar-refractivity contribution in [3.63, 3.8) is 0 Å². The lowest BCUT2D eigenvalue weighted by Gasteiger charge is -2.32. The van der Waals surface area contributed by atoms with Gasteiger partial charge in [0.25, 0.3) is 0 Å². The lowest BCUT2D eigenvalue weighted by atomic mass is 9.82. The number of benzene rings is 1. The zero-order valence-corrected chi connectivity index (χ0v) is 11.6. The van der Waals surface area contributed by atoms with Crippen LogP contribution in [0.4, 0.5) is 0 Å². The maximum Gasteiger partial charge on any atom is 0.153 e. The van der Waals surface area contributed by atoms with Crippen LogP contribution in [0.15, 0.2) is 18.2 Å². The van der Waals surface area contributed by atoms with Crippen molar-refractivity contribution in [1.82, 2.24) is 0 Å². The van der Waals surface area contributed by atoms with Crippen LogP contribution >= 0.6 is 11.6 Å². The highest BCUT2D eigenvalue weighted by Gasteiger charge is 2.26. The van der Waals surface area contributed by atoms with Crippen LogP contribution in [0.3, 0.4) is 0 Å². The van der Waals surface area contributed by atoms with Gasteiger partial charge in [-0.25, -0.2) is 0 Å². The second kappa shape index (κ2) is 5.75. The van der Waals surface area contributed by atoms with E-state index in [1.54, 1.807) is 18.2 Å². The van der Waals surface area contributed by atoms with Crippen LogP contribution < -0.4 is 4.74 Å². The van der Waals surface area contributed by atoms with E-state index in [9.17, 15) is 4.79 Å². The molecule has 0 radical (unpaired) electrons. The van der Waals surface area contributed by atoms with Gasteiger partial charge in [-0.2, -0.15) is 0 Å². The molecule has 0 saturated heterocycles. The molecule has 0 aromatic heterocycles. The molecule has 18 heavy (non-hydrogen) atoms. The van der Waals surface area contributed by atoms with Crippen LogP contribution in [0.2, 0.25) is 5.02 Å². The summed E-state index contributed by atoms with van der Waals surface area (Å²) in [7, 11) is 0. The molecule has 2 unspecified atom stereocenters. The first kappa shape index (κ1) is 13.4. The fraction of sp³-hybridized carbons (Fsp3) is 0.533. The minimum absolute atomic E-state index is 0.169. The molecule has 1 fully saturated rings. The van der Waals surface area contributed by atoms with Gasteiger partial charge < -0.3 is 4.74 Å². The molecule has 1 saturated carbocycles. The highest BCUT2D eigenvalue weighted by molar-refractivity contribution is 6.32. The third-order valence-electron chi connectivity index (χ3n) is 3.54. The van der Waals surface area contributed by atoms with Crippen molar-refractivity contribution >= 4 is 17.9 Å². The Morgan fingerprint density at radius 1 is 1.22 bits per heavy atom. The molecular weight excluding hydrogens is 248 g/mol. The monoisotopic (exact) mass is 266 g/mol. The van der Waals surface area contributed by atoms with Crippen LogP contribution in [0.25, 0.3) is 0 Å². The molecule has 1 aliphatic carbocycles. The highest BCUT2D eigenvalue weighted by Crippen LogP contribution is 2.35. The number of ether oxygens (including phenoxy) is 1. The number of para-hydroxylation sites is 1. The zero-order valence-electron chi connectivity index (χ0n) is 10.9. The van der Waals surface area contributed by atoms with Crippen molar-refractivity contribution in [2.75, 3.05) is 0 Å². The average Bonchev–Trinajstić information content (AvgIpc) is 2.30. The SMILES string of the molecule is CC1CC(C)CC(Oc2c(Cl)cccc2C=O)C1. The molecule has 0 amide bonds. The predicted molar refractivity (Wildman–Crippen MR) is 73.4 cm³/mol. The maximum absolute atomic E-state index is 11.0. The summed E-state index contributed by atoms with van der Waals surface area (Å²) in [4.78, 5) is 11.0. The molecule has 1 aromatic carbocycles. The lowest BCUT2D eigenvalue weighted by Crippen LogP contribution is -2.28. The van der Waals surface area contributed by atoms with Gasteiger partial charge in [-0.05, 0) is 43.2 Å². The molecule has 2 rings (SSSR count). The van der Waals surface area contributed by atoms with Crippen LogP contribution in [-0.4, -0.2) is 12.4 Å². The van der Waals surface area contributed by atoms with E-state index in [-0.39, 0.29) is 6.10 Å². The molecule has 0 aliphatic heterocycles. The molecule has 1 aliphatic rings. The second-order valence-electron chi connectivity index (χ2n) is 5.43. The van der Waals surface area contributed by atoms with Crippen molar-refractivity contribution in [3.05, 3.63) is 28.8 Å². The van der Waals surface area contributed by atoms with Crippen molar-refractivity contribution in [2.45, 2.75) is 39.2 Å². The van der Waals surface area contributed by atoms with Gasteiger partial charge >= 0.3 is 0 Å². The molecule has 0 N–H and O–H groups in total. The summed E-state index contributed by atoms with van der Waals surface area (Å²) in [5.41, 5.74) is 0.536. The molecule has 2 nitrogen and oxygen atoms in total. The Labute approximate surface area is 113 Å². The minimum Gasteiger partial charge on any atom is -0.488 e. The maximum atomic E-state index is 11.0. The number of rotatable bonds is 3. The Morgan fingerprint density at radius 3 is 2.50 bits per heavy atom. The Morgan fingerprint density at radius 2 is 1.89 bits per heavy atom. The van der Waals surface area contributed by atoms with E-state index in [2.05, 4.69) is 13.8 Å². The number of halogens is 1. The quantitative estimate of drug-likeness (QED) is 0.760. The highest BCUT2D eigenvalue weighted by atomic mass is 35.5. The van der Waals surface area contributed by atoms with Gasteiger partial charge in [-0.15, -0.1) is 0 Å². The van der Waals surface area contributed by atoms with Crippen LogP contribution in [-0.2, 0) is 0 Å². The van der Waals surface area contributed by atoms with Crippen molar-refractivity contribution < 1.29 is 9.53 Å². The molecule has 3 heteroatoms. The topological polar surface area (TPSA) is 26.3 Å². The Balaban J connectivity index is 2.16. The number of hydrogen-bond acceptors (Lipinski definition) is 2. The lowest BCUT2D eigenvalue weighted by molar-refractivity contribution is 0.0981. The van der Waals surface area contributed by atoms with Crippen LogP contribution in [0.5, 0.6) is 5.75 Å². The summed E-state index contributed by atoms with van der Waals surface area (Å²) < 4.78 is 5.99. The van der Waals surface area contributed by atoms with Crippen LogP contribution in [0, 0.1) is 11.8 Å². The van der Waals surface area contributed by atoms with Crippen molar-refractivity contribution in [3.8, 4) is 5.75 Å². The molecular formula is C15H19ClO2. The van der Waals surface area contributed by atoms with E-state index < -0.39 is 0 Å². The van der Waals surface area contributed by atoms with Gasteiger partial charge in [0.05, 0.1) is 16.7 Å².